The summed E-state index contributed by atoms with van der Waals surface area (Å²) in [7, 11) is 0. The molecule has 1 heterocycles. The summed E-state index contributed by atoms with van der Waals surface area (Å²) < 4.78 is 16.7. The average molecular weight is 631 g/mol. The molecule has 1 fully saturated rings. The fraction of sp³-hybridized carbons (Fsp3) is 0.500. The Morgan fingerprint density at radius 2 is 1.77 bits per heavy atom. The molecule has 1 saturated heterocycles. The molecule has 3 rings (SSSR count). The summed E-state index contributed by atoms with van der Waals surface area (Å²) in [4.78, 5) is 22.7. The van der Waals surface area contributed by atoms with E-state index in [2.05, 4.69) is 16.6 Å². The number of terminal acetylenes is 1. The average Bonchev–Trinajstić information content (AvgIpc) is 3.03. The van der Waals surface area contributed by atoms with Gasteiger partial charge in [-0.2, -0.15) is 0 Å². The number of hydrogen-bond acceptors (Lipinski definition) is 10. The van der Waals surface area contributed by atoms with E-state index in [4.69, 9.17) is 20.6 Å². The van der Waals surface area contributed by atoms with Gasteiger partial charge in [0.15, 0.2) is 0 Å². The molecule has 0 radical (unpaired) electrons. The van der Waals surface area contributed by atoms with Crippen LogP contribution in [0.2, 0.25) is 0 Å². The van der Waals surface area contributed by atoms with Gasteiger partial charge in [0, 0.05) is 18.7 Å². The molecule has 1 aliphatic rings. The van der Waals surface area contributed by atoms with Crippen LogP contribution in [0.25, 0.3) is 11.1 Å². The number of nitrogens with one attached hydrogen (secondary N) is 2. The van der Waals surface area contributed by atoms with E-state index in [1.807, 2.05) is 54.6 Å². The summed E-state index contributed by atoms with van der Waals surface area (Å²) in [6.07, 6.45) is 2.74. The molecule has 240 valence electrons. The highest BCUT2D eigenvalue weighted by Gasteiger charge is 2.50. The molecular weight excluding hydrogens is 588 g/mol. The van der Waals surface area contributed by atoms with Crippen molar-refractivity contribution in [2.45, 2.75) is 55.1 Å². The van der Waals surface area contributed by atoms with Crippen molar-refractivity contribution in [1.29, 1.82) is 0 Å². The Morgan fingerprint density at radius 3 is 2.45 bits per heavy atom. The van der Waals surface area contributed by atoms with E-state index >= 15 is 0 Å². The highest BCUT2D eigenvalue weighted by atomic mass is 32.2. The molecule has 12 heteroatoms. The van der Waals surface area contributed by atoms with Crippen LogP contribution in [0.5, 0.6) is 0 Å². The molecule has 1 amide bonds. The molecule has 1 unspecified atom stereocenters. The van der Waals surface area contributed by atoms with E-state index in [1.165, 1.54) is 0 Å². The first-order chi connectivity index (χ1) is 21.3. The SMILES string of the molecule is C#CCOCCOCCS[C@@]1(C(=O)O)CC[C@@H](NC(=O)CO)[C@H]([C@H](O)CCNC(O)Cc2ccc(-c3ccccc3)cc2)O1. The zero-order valence-corrected chi connectivity index (χ0v) is 25.4. The number of aliphatic hydroxyl groups is 3. The molecule has 2 aromatic carbocycles. The van der Waals surface area contributed by atoms with Gasteiger partial charge in [-0.3, -0.25) is 10.1 Å². The van der Waals surface area contributed by atoms with Crippen LogP contribution in [-0.2, 0) is 30.2 Å². The smallest absolute Gasteiger partial charge is 0.346 e. The summed E-state index contributed by atoms with van der Waals surface area (Å²) in [5, 5.41) is 46.6. The number of hydrogen-bond donors (Lipinski definition) is 6. The minimum Gasteiger partial charge on any atom is -0.478 e. The van der Waals surface area contributed by atoms with Gasteiger partial charge in [-0.1, -0.05) is 60.5 Å². The second-order valence-corrected chi connectivity index (χ2v) is 11.7. The van der Waals surface area contributed by atoms with E-state index in [0.717, 1.165) is 28.5 Å². The molecule has 11 nitrogen and oxygen atoms in total. The second-order valence-electron chi connectivity index (χ2n) is 10.3. The van der Waals surface area contributed by atoms with Crippen molar-refractivity contribution in [2.24, 2.45) is 0 Å². The standard InChI is InChI=1S/C32H42N2O9S/c1-2-16-41-17-18-42-19-20-44-32(31(39)40)14-12-26(34-29(38)22-35)30(43-32)27(36)13-15-33-28(37)21-23-8-10-25(11-9-23)24-6-4-3-5-7-24/h1,3-11,26-28,30,33,35-37H,12-22H2,(H,34,38)(H,39,40)/t26-,27-,28?,30-,32-/m1/s1. The largest absolute Gasteiger partial charge is 0.478 e. The Labute approximate surface area is 262 Å². The Kier molecular flexibility index (Phi) is 15.1. The van der Waals surface area contributed by atoms with Crippen molar-refractivity contribution < 1.29 is 44.2 Å². The van der Waals surface area contributed by atoms with E-state index in [9.17, 15) is 30.0 Å². The lowest BCUT2D eigenvalue weighted by molar-refractivity contribution is -0.179. The number of aliphatic hydroxyl groups excluding tert-OH is 3. The predicted octanol–water partition coefficient (Wildman–Crippen LogP) is 1.39. The first-order valence-electron chi connectivity index (χ1n) is 14.6. The first-order valence-corrected chi connectivity index (χ1v) is 15.5. The first kappa shape index (κ1) is 35.5. The minimum absolute atomic E-state index is 0.0674. The number of amides is 1. The van der Waals surface area contributed by atoms with Gasteiger partial charge in [0.25, 0.3) is 0 Å². The summed E-state index contributed by atoms with van der Waals surface area (Å²) in [5.41, 5.74) is 3.11. The van der Waals surface area contributed by atoms with Gasteiger partial charge < -0.3 is 40.0 Å². The van der Waals surface area contributed by atoms with E-state index in [-0.39, 0.29) is 39.0 Å². The molecule has 0 saturated carbocycles. The van der Waals surface area contributed by atoms with Gasteiger partial charge in [0.1, 0.15) is 25.5 Å². The molecule has 0 aromatic heterocycles. The Hall–Kier alpha value is -2.99. The lowest BCUT2D eigenvalue weighted by atomic mass is 9.93. The summed E-state index contributed by atoms with van der Waals surface area (Å²) in [6.45, 7) is 0.506. The third-order valence-electron chi connectivity index (χ3n) is 7.13. The van der Waals surface area contributed by atoms with Gasteiger partial charge in [0.05, 0.1) is 32.0 Å². The molecule has 1 aliphatic heterocycles. The van der Waals surface area contributed by atoms with Crippen molar-refractivity contribution in [1.82, 2.24) is 10.6 Å². The van der Waals surface area contributed by atoms with Crippen LogP contribution in [0.4, 0.5) is 0 Å². The van der Waals surface area contributed by atoms with Crippen molar-refractivity contribution >= 4 is 23.6 Å². The van der Waals surface area contributed by atoms with Crippen LogP contribution in [0.1, 0.15) is 24.8 Å². The number of carboxylic acids is 1. The monoisotopic (exact) mass is 630 g/mol. The van der Waals surface area contributed by atoms with Crippen LogP contribution in [0, 0.1) is 12.3 Å². The van der Waals surface area contributed by atoms with Crippen LogP contribution >= 0.6 is 11.8 Å². The number of thioether (sulfide) groups is 1. The maximum Gasteiger partial charge on any atom is 0.346 e. The minimum atomic E-state index is -1.66. The number of carboxylic acid groups (broad SMARTS) is 1. The summed E-state index contributed by atoms with van der Waals surface area (Å²) in [5.74, 6) is 0.807. The van der Waals surface area contributed by atoms with E-state index < -0.39 is 47.9 Å². The number of carbonyl (C=O) groups is 2. The van der Waals surface area contributed by atoms with Crippen LogP contribution < -0.4 is 10.6 Å². The number of rotatable bonds is 19. The summed E-state index contributed by atoms with van der Waals surface area (Å²) >= 11 is 1.05. The number of benzene rings is 2. The van der Waals surface area contributed by atoms with Gasteiger partial charge in [-0.05, 0) is 36.0 Å². The van der Waals surface area contributed by atoms with Crippen molar-refractivity contribution in [3.63, 3.8) is 0 Å². The van der Waals surface area contributed by atoms with Crippen LogP contribution in [-0.4, -0.2) is 107 Å². The lowest BCUT2D eigenvalue weighted by Gasteiger charge is -2.44. The maximum atomic E-state index is 12.4. The fourth-order valence-corrected chi connectivity index (χ4v) is 5.98. The number of carbonyl (C=O) groups excluding carboxylic acids is 1. The number of ether oxygens (including phenoxy) is 3. The van der Waals surface area contributed by atoms with Crippen molar-refractivity contribution in [2.75, 3.05) is 45.3 Å². The van der Waals surface area contributed by atoms with E-state index in [1.54, 1.807) is 0 Å². The topological polar surface area (TPSA) is 167 Å². The molecule has 5 atom stereocenters. The number of aliphatic carboxylic acids is 1. The highest BCUT2D eigenvalue weighted by Crippen LogP contribution is 2.40. The molecule has 2 aromatic rings. The van der Waals surface area contributed by atoms with Gasteiger partial charge in [-0.15, -0.1) is 18.2 Å². The molecule has 0 bridgehead atoms. The summed E-state index contributed by atoms with van der Waals surface area (Å²) in [6, 6.07) is 17.2. The van der Waals surface area contributed by atoms with Gasteiger partial charge >= 0.3 is 5.97 Å². The Balaban J connectivity index is 1.53. The Morgan fingerprint density at radius 1 is 1.07 bits per heavy atom. The van der Waals surface area contributed by atoms with Gasteiger partial charge in [-0.25, -0.2) is 4.79 Å². The van der Waals surface area contributed by atoms with Gasteiger partial charge in [0.2, 0.25) is 10.8 Å². The third-order valence-corrected chi connectivity index (χ3v) is 8.45. The Bertz CT molecular complexity index is 1190. The second kappa shape index (κ2) is 18.7. The molecule has 6 N–H and O–H groups in total. The zero-order chi connectivity index (χ0) is 31.8. The molecule has 0 aliphatic carbocycles. The zero-order valence-electron chi connectivity index (χ0n) is 24.6. The molecule has 44 heavy (non-hydrogen) atoms. The predicted molar refractivity (Wildman–Crippen MR) is 167 cm³/mol. The van der Waals surface area contributed by atoms with Crippen LogP contribution in [0.3, 0.4) is 0 Å². The van der Waals surface area contributed by atoms with Crippen LogP contribution in [0.15, 0.2) is 54.6 Å². The molecule has 0 spiro atoms. The highest BCUT2D eigenvalue weighted by molar-refractivity contribution is 8.01. The van der Waals surface area contributed by atoms with Crippen molar-refractivity contribution in [3.05, 3.63) is 60.2 Å². The molecular formula is C32H42N2O9S. The van der Waals surface area contributed by atoms with Crippen molar-refractivity contribution in [3.8, 4) is 23.5 Å². The van der Waals surface area contributed by atoms with E-state index in [0.29, 0.717) is 25.4 Å². The maximum absolute atomic E-state index is 12.4. The third kappa shape index (κ3) is 11.2. The quantitative estimate of drug-likeness (QED) is 0.0755. The fourth-order valence-electron chi connectivity index (χ4n) is 4.89. The lowest BCUT2D eigenvalue weighted by Crippen LogP contribution is -2.59. The normalized spacial score (nSPS) is 21.2.